The summed E-state index contributed by atoms with van der Waals surface area (Å²) in [5.41, 5.74) is 0.483. The predicted octanol–water partition coefficient (Wildman–Crippen LogP) is 2.58. The Morgan fingerprint density at radius 3 is 3.05 bits per heavy atom. The average Bonchev–Trinajstić information content (AvgIpc) is 2.38. The van der Waals surface area contributed by atoms with Gasteiger partial charge in [-0.2, -0.15) is 11.8 Å². The smallest absolute Gasteiger partial charge is 0.258 e. The molecule has 0 aliphatic rings. The summed E-state index contributed by atoms with van der Waals surface area (Å²) in [7, 11) is 0. The monoisotopic (exact) mass is 298 g/mol. The summed E-state index contributed by atoms with van der Waals surface area (Å²) in [6.45, 7) is 2.22. The molecule has 0 radical (unpaired) electrons. The molecule has 0 saturated carbocycles. The molecule has 0 fully saturated rings. The van der Waals surface area contributed by atoms with Crippen molar-refractivity contribution in [1.82, 2.24) is 9.97 Å². The molecule has 1 aromatic heterocycles. The van der Waals surface area contributed by atoms with Gasteiger partial charge in [-0.05, 0) is 24.6 Å². The topological polar surface area (TPSA) is 66.0 Å². The quantitative estimate of drug-likeness (QED) is 0.890. The summed E-state index contributed by atoms with van der Waals surface area (Å²) in [5, 5.41) is 10.2. The van der Waals surface area contributed by atoms with Crippen LogP contribution in [0.25, 0.3) is 10.9 Å². The first-order chi connectivity index (χ1) is 9.10. The highest BCUT2D eigenvalue weighted by Crippen LogP contribution is 2.19. The van der Waals surface area contributed by atoms with E-state index in [9.17, 15) is 4.79 Å². The summed E-state index contributed by atoms with van der Waals surface area (Å²) < 4.78 is 0. The van der Waals surface area contributed by atoms with Crippen molar-refractivity contribution in [3.8, 4) is 0 Å². The molecule has 2 rings (SSSR count). The van der Waals surface area contributed by atoms with Gasteiger partial charge in [0.15, 0.2) is 0 Å². The number of nitrogens with zero attached hydrogens (tertiary/aromatic N) is 1. The van der Waals surface area contributed by atoms with E-state index in [2.05, 4.69) is 9.97 Å². The number of aliphatic hydroxyl groups is 1. The largest absolute Gasteiger partial charge is 0.396 e. The Morgan fingerprint density at radius 1 is 1.53 bits per heavy atom. The molecule has 0 saturated heterocycles. The summed E-state index contributed by atoms with van der Waals surface area (Å²) in [6.07, 6.45) is 0.734. The first kappa shape index (κ1) is 14.4. The number of nitrogens with one attached hydrogen (secondary N) is 1. The van der Waals surface area contributed by atoms with Crippen molar-refractivity contribution >= 4 is 34.3 Å². The van der Waals surface area contributed by atoms with Gasteiger partial charge in [0.2, 0.25) is 0 Å². The third-order valence-corrected chi connectivity index (χ3v) is 4.24. The third-order valence-electron chi connectivity index (χ3n) is 2.76. The second kappa shape index (κ2) is 6.41. The number of fused-ring (bicyclic) bond motifs is 1. The predicted molar refractivity (Wildman–Crippen MR) is 79.8 cm³/mol. The molecule has 102 valence electrons. The number of benzene rings is 1. The van der Waals surface area contributed by atoms with E-state index in [0.29, 0.717) is 32.8 Å². The number of hydrogen-bond acceptors (Lipinski definition) is 4. The lowest BCUT2D eigenvalue weighted by atomic mass is 10.2. The van der Waals surface area contributed by atoms with Gasteiger partial charge in [0, 0.05) is 16.9 Å². The van der Waals surface area contributed by atoms with E-state index in [1.807, 2.05) is 6.92 Å². The number of aliphatic hydroxyl groups excluding tert-OH is 1. The summed E-state index contributed by atoms with van der Waals surface area (Å²) in [4.78, 5) is 19.1. The van der Waals surface area contributed by atoms with Gasteiger partial charge in [-0.25, -0.2) is 4.98 Å². The zero-order valence-corrected chi connectivity index (χ0v) is 12.1. The lowest BCUT2D eigenvalue weighted by Crippen LogP contribution is -2.12. The lowest BCUT2D eigenvalue weighted by Gasteiger charge is -2.09. The average molecular weight is 299 g/mol. The molecule has 2 aromatic rings. The van der Waals surface area contributed by atoms with Crippen molar-refractivity contribution in [3.63, 3.8) is 0 Å². The normalized spacial score (nSPS) is 12.8. The highest BCUT2D eigenvalue weighted by Gasteiger charge is 2.07. The van der Waals surface area contributed by atoms with E-state index in [-0.39, 0.29) is 12.2 Å². The molecule has 0 aliphatic carbocycles. The SMILES string of the molecule is CC(CCO)SCc1nc2ccc(Cl)cc2c(=O)[nH]1. The van der Waals surface area contributed by atoms with Crippen LogP contribution in [0.15, 0.2) is 23.0 Å². The molecule has 0 amide bonds. The number of halogens is 1. The van der Waals surface area contributed by atoms with Gasteiger partial charge in [-0.3, -0.25) is 4.79 Å². The molecule has 1 unspecified atom stereocenters. The minimum atomic E-state index is -0.169. The fraction of sp³-hybridized carbons (Fsp3) is 0.385. The molecule has 6 heteroatoms. The Kier molecular flexibility index (Phi) is 4.85. The van der Waals surface area contributed by atoms with Crippen LogP contribution in [-0.4, -0.2) is 26.9 Å². The van der Waals surface area contributed by atoms with E-state index in [4.69, 9.17) is 16.7 Å². The molecule has 19 heavy (non-hydrogen) atoms. The van der Waals surface area contributed by atoms with E-state index in [0.717, 1.165) is 6.42 Å². The maximum absolute atomic E-state index is 11.9. The van der Waals surface area contributed by atoms with Gasteiger partial charge in [-0.15, -0.1) is 0 Å². The molecule has 1 heterocycles. The number of aromatic nitrogens is 2. The molecule has 0 spiro atoms. The van der Waals surface area contributed by atoms with Crippen molar-refractivity contribution in [3.05, 3.63) is 39.4 Å². The van der Waals surface area contributed by atoms with Gasteiger partial charge >= 0.3 is 0 Å². The molecule has 0 aliphatic heterocycles. The van der Waals surface area contributed by atoms with Crippen LogP contribution in [-0.2, 0) is 5.75 Å². The Morgan fingerprint density at radius 2 is 2.32 bits per heavy atom. The minimum absolute atomic E-state index is 0.169. The van der Waals surface area contributed by atoms with E-state index in [1.165, 1.54) is 0 Å². The van der Waals surface area contributed by atoms with Crippen LogP contribution in [0.3, 0.4) is 0 Å². The van der Waals surface area contributed by atoms with E-state index in [1.54, 1.807) is 30.0 Å². The lowest BCUT2D eigenvalue weighted by molar-refractivity contribution is 0.289. The molecule has 2 N–H and O–H groups in total. The zero-order valence-electron chi connectivity index (χ0n) is 10.5. The molecule has 1 atom stereocenters. The van der Waals surface area contributed by atoms with Crippen LogP contribution in [0, 0.1) is 0 Å². The van der Waals surface area contributed by atoms with Gasteiger partial charge < -0.3 is 10.1 Å². The number of aromatic amines is 1. The maximum Gasteiger partial charge on any atom is 0.258 e. The van der Waals surface area contributed by atoms with Crippen molar-refractivity contribution in [2.75, 3.05) is 6.61 Å². The van der Waals surface area contributed by atoms with Crippen LogP contribution in [0.1, 0.15) is 19.2 Å². The second-order valence-corrected chi connectivity index (χ2v) is 6.17. The second-order valence-electron chi connectivity index (χ2n) is 4.31. The first-order valence-electron chi connectivity index (χ1n) is 6.01. The Hall–Kier alpha value is -1.04. The number of rotatable bonds is 5. The number of H-pyrrole nitrogens is 1. The minimum Gasteiger partial charge on any atom is -0.396 e. The summed E-state index contributed by atoms with van der Waals surface area (Å²) in [6, 6.07) is 5.09. The molecular weight excluding hydrogens is 284 g/mol. The zero-order chi connectivity index (χ0) is 13.8. The van der Waals surface area contributed by atoms with Crippen LogP contribution in [0.5, 0.6) is 0 Å². The third kappa shape index (κ3) is 3.72. The maximum atomic E-state index is 11.9. The molecule has 4 nitrogen and oxygen atoms in total. The molecule has 0 bridgehead atoms. The Balaban J connectivity index is 2.21. The van der Waals surface area contributed by atoms with Crippen molar-refractivity contribution < 1.29 is 5.11 Å². The van der Waals surface area contributed by atoms with Crippen LogP contribution < -0.4 is 5.56 Å². The Labute approximate surface area is 120 Å². The summed E-state index contributed by atoms with van der Waals surface area (Å²) >= 11 is 7.52. The first-order valence-corrected chi connectivity index (χ1v) is 7.43. The molecular formula is C13H15ClN2O2S. The van der Waals surface area contributed by atoms with Crippen LogP contribution >= 0.6 is 23.4 Å². The van der Waals surface area contributed by atoms with Crippen LogP contribution in [0.4, 0.5) is 0 Å². The summed E-state index contributed by atoms with van der Waals surface area (Å²) in [5.74, 6) is 1.27. The van der Waals surface area contributed by atoms with E-state index >= 15 is 0 Å². The van der Waals surface area contributed by atoms with Crippen molar-refractivity contribution in [2.45, 2.75) is 24.3 Å². The fourth-order valence-electron chi connectivity index (χ4n) is 1.71. The standard InChI is InChI=1S/C13H15ClN2O2S/c1-8(4-5-17)19-7-12-15-11-3-2-9(14)6-10(11)13(18)16-12/h2-3,6,8,17H,4-5,7H2,1H3,(H,15,16,18). The van der Waals surface area contributed by atoms with Gasteiger partial charge in [-0.1, -0.05) is 18.5 Å². The van der Waals surface area contributed by atoms with Gasteiger partial charge in [0.05, 0.1) is 16.7 Å². The van der Waals surface area contributed by atoms with Crippen LogP contribution in [0.2, 0.25) is 5.02 Å². The Bertz CT molecular complexity index is 630. The number of hydrogen-bond donors (Lipinski definition) is 2. The highest BCUT2D eigenvalue weighted by atomic mass is 35.5. The van der Waals surface area contributed by atoms with Gasteiger partial charge in [0.1, 0.15) is 5.82 Å². The van der Waals surface area contributed by atoms with E-state index < -0.39 is 0 Å². The molecule has 1 aromatic carbocycles. The van der Waals surface area contributed by atoms with Crippen molar-refractivity contribution in [1.29, 1.82) is 0 Å². The van der Waals surface area contributed by atoms with Crippen molar-refractivity contribution in [2.24, 2.45) is 0 Å². The highest BCUT2D eigenvalue weighted by molar-refractivity contribution is 7.99. The number of thioether (sulfide) groups is 1. The fourth-order valence-corrected chi connectivity index (χ4v) is 2.74. The van der Waals surface area contributed by atoms with Gasteiger partial charge in [0.25, 0.3) is 5.56 Å².